The van der Waals surface area contributed by atoms with E-state index in [1.54, 1.807) is 31.3 Å². The molecular formula is C19H23N3O3. The summed E-state index contributed by atoms with van der Waals surface area (Å²) in [4.78, 5) is 24.3. The van der Waals surface area contributed by atoms with Gasteiger partial charge >= 0.3 is 5.97 Å². The highest BCUT2D eigenvalue weighted by Gasteiger charge is 2.19. The standard InChI is InChI=1S/C19H23N3O3/c1-13(18(23)20-10-9-14-5-3-2-4-6-14)25-19(24)15-7-8-16-12-21-22-17(16)11-15/h5,7-8,11-13H,2-4,6,9-10H2,1H3,(H,20,23)(H,21,22)/t13-/m0/s1. The number of H-pyrrole nitrogens is 1. The summed E-state index contributed by atoms with van der Waals surface area (Å²) in [5.74, 6) is -0.790. The molecule has 0 saturated carbocycles. The molecule has 0 unspecified atom stereocenters. The second kappa shape index (κ2) is 7.96. The zero-order chi connectivity index (χ0) is 17.6. The van der Waals surface area contributed by atoms with E-state index in [1.165, 1.54) is 18.4 Å². The van der Waals surface area contributed by atoms with Crippen molar-refractivity contribution in [1.82, 2.24) is 15.5 Å². The monoisotopic (exact) mass is 341 g/mol. The Kier molecular flexibility index (Phi) is 5.48. The molecule has 1 aliphatic rings. The molecule has 25 heavy (non-hydrogen) atoms. The number of aromatic amines is 1. The minimum absolute atomic E-state index is 0.271. The predicted molar refractivity (Wildman–Crippen MR) is 95.1 cm³/mol. The van der Waals surface area contributed by atoms with Gasteiger partial charge in [-0.25, -0.2) is 4.79 Å². The third-order valence-corrected chi connectivity index (χ3v) is 4.46. The molecule has 0 radical (unpaired) electrons. The molecule has 6 heteroatoms. The molecule has 0 fully saturated rings. The van der Waals surface area contributed by atoms with Crippen LogP contribution >= 0.6 is 0 Å². The number of allylic oxidation sites excluding steroid dienone is 1. The maximum atomic E-state index is 12.2. The van der Waals surface area contributed by atoms with E-state index >= 15 is 0 Å². The number of nitrogens with zero attached hydrogens (tertiary/aromatic N) is 1. The lowest BCUT2D eigenvalue weighted by molar-refractivity contribution is -0.129. The lowest BCUT2D eigenvalue weighted by Gasteiger charge is -2.15. The minimum atomic E-state index is -0.828. The first-order chi connectivity index (χ1) is 12.1. The van der Waals surface area contributed by atoms with Gasteiger partial charge in [0.25, 0.3) is 5.91 Å². The maximum absolute atomic E-state index is 12.2. The molecule has 0 bridgehead atoms. The number of aromatic nitrogens is 2. The number of ether oxygens (including phenoxy) is 1. The third kappa shape index (κ3) is 4.47. The molecule has 2 N–H and O–H groups in total. The quantitative estimate of drug-likeness (QED) is 0.624. The number of hydrogen-bond donors (Lipinski definition) is 2. The SMILES string of the molecule is C[C@H](OC(=O)c1ccc2cn[nH]c2c1)C(=O)NCCC1=CCCCC1. The fourth-order valence-corrected chi connectivity index (χ4v) is 2.97. The molecule has 132 valence electrons. The molecule has 1 amide bonds. The first-order valence-corrected chi connectivity index (χ1v) is 8.73. The van der Waals surface area contributed by atoms with Crippen molar-refractivity contribution in [1.29, 1.82) is 0 Å². The first kappa shape index (κ1) is 17.2. The fourth-order valence-electron chi connectivity index (χ4n) is 2.97. The van der Waals surface area contributed by atoms with Crippen LogP contribution in [0.15, 0.2) is 36.0 Å². The Bertz CT molecular complexity index is 794. The summed E-state index contributed by atoms with van der Waals surface area (Å²) in [6, 6.07) is 5.13. The van der Waals surface area contributed by atoms with Crippen LogP contribution < -0.4 is 5.32 Å². The molecule has 0 aliphatic heterocycles. The number of esters is 1. The van der Waals surface area contributed by atoms with Crippen molar-refractivity contribution in [2.75, 3.05) is 6.54 Å². The van der Waals surface area contributed by atoms with Crippen LogP contribution in [0.3, 0.4) is 0 Å². The Labute approximate surface area is 146 Å². The van der Waals surface area contributed by atoms with E-state index in [1.807, 2.05) is 0 Å². The fraction of sp³-hybridized carbons (Fsp3) is 0.421. The number of carbonyl (C=O) groups is 2. The molecule has 3 rings (SSSR count). The summed E-state index contributed by atoms with van der Waals surface area (Å²) in [6.45, 7) is 2.16. The summed E-state index contributed by atoms with van der Waals surface area (Å²) in [7, 11) is 0. The van der Waals surface area contributed by atoms with Crippen molar-refractivity contribution in [2.45, 2.75) is 45.1 Å². The van der Waals surface area contributed by atoms with Crippen LogP contribution in [0.1, 0.15) is 49.4 Å². The summed E-state index contributed by atoms with van der Waals surface area (Å²) in [6.07, 6.45) is 8.73. The lowest BCUT2D eigenvalue weighted by Crippen LogP contribution is -2.36. The van der Waals surface area contributed by atoms with Crippen LogP contribution in [-0.4, -0.2) is 34.7 Å². The normalized spacial score (nSPS) is 15.5. The van der Waals surface area contributed by atoms with Gasteiger partial charge in [0.15, 0.2) is 6.10 Å². The van der Waals surface area contributed by atoms with E-state index in [9.17, 15) is 9.59 Å². The van der Waals surface area contributed by atoms with Crippen LogP contribution in [0.25, 0.3) is 10.9 Å². The van der Waals surface area contributed by atoms with Gasteiger partial charge in [0.1, 0.15) is 0 Å². The molecule has 6 nitrogen and oxygen atoms in total. The van der Waals surface area contributed by atoms with Crippen molar-refractivity contribution in [2.24, 2.45) is 0 Å². The van der Waals surface area contributed by atoms with Crippen molar-refractivity contribution >= 4 is 22.8 Å². The van der Waals surface area contributed by atoms with Gasteiger partial charge in [-0.15, -0.1) is 0 Å². The Morgan fingerprint density at radius 3 is 3.04 bits per heavy atom. The highest BCUT2D eigenvalue weighted by molar-refractivity contribution is 5.95. The van der Waals surface area contributed by atoms with Crippen molar-refractivity contribution < 1.29 is 14.3 Å². The molecular weight excluding hydrogens is 318 g/mol. The molecule has 2 aromatic rings. The van der Waals surface area contributed by atoms with Crippen LogP contribution in [0.4, 0.5) is 0 Å². The van der Waals surface area contributed by atoms with Gasteiger partial charge in [0.2, 0.25) is 0 Å². The van der Waals surface area contributed by atoms with E-state index in [-0.39, 0.29) is 5.91 Å². The van der Waals surface area contributed by atoms with Crippen LogP contribution in [0, 0.1) is 0 Å². The third-order valence-electron chi connectivity index (χ3n) is 4.46. The van der Waals surface area contributed by atoms with Gasteiger partial charge in [0, 0.05) is 11.9 Å². The molecule has 1 atom stereocenters. The summed E-state index contributed by atoms with van der Waals surface area (Å²) >= 11 is 0. The Hall–Kier alpha value is -2.63. The molecule has 0 saturated heterocycles. The second-order valence-electron chi connectivity index (χ2n) is 6.37. The van der Waals surface area contributed by atoms with Crippen LogP contribution in [-0.2, 0) is 9.53 Å². The smallest absolute Gasteiger partial charge is 0.338 e. The predicted octanol–water partition coefficient (Wildman–Crippen LogP) is 3.11. The van der Waals surface area contributed by atoms with Crippen molar-refractivity contribution in [3.05, 3.63) is 41.6 Å². The Morgan fingerprint density at radius 2 is 2.24 bits per heavy atom. The van der Waals surface area contributed by atoms with Gasteiger partial charge in [0.05, 0.1) is 17.3 Å². The lowest BCUT2D eigenvalue weighted by atomic mass is 9.97. The molecule has 1 aromatic heterocycles. The van der Waals surface area contributed by atoms with Crippen molar-refractivity contribution in [3.63, 3.8) is 0 Å². The van der Waals surface area contributed by atoms with E-state index in [0.717, 1.165) is 30.2 Å². The number of nitrogens with one attached hydrogen (secondary N) is 2. The molecule has 1 aromatic carbocycles. The molecule has 0 spiro atoms. The molecule has 1 aliphatic carbocycles. The van der Waals surface area contributed by atoms with E-state index in [0.29, 0.717) is 12.1 Å². The number of hydrogen-bond acceptors (Lipinski definition) is 4. The minimum Gasteiger partial charge on any atom is -0.449 e. The van der Waals surface area contributed by atoms with Crippen LogP contribution in [0.5, 0.6) is 0 Å². The average molecular weight is 341 g/mol. The number of benzene rings is 1. The van der Waals surface area contributed by atoms with Gasteiger partial charge in [-0.1, -0.05) is 17.7 Å². The van der Waals surface area contributed by atoms with E-state index < -0.39 is 12.1 Å². The van der Waals surface area contributed by atoms with Gasteiger partial charge in [-0.3, -0.25) is 9.89 Å². The first-order valence-electron chi connectivity index (χ1n) is 8.73. The highest BCUT2D eigenvalue weighted by Crippen LogP contribution is 2.19. The molecule has 1 heterocycles. The Balaban J connectivity index is 1.48. The van der Waals surface area contributed by atoms with Crippen LogP contribution in [0.2, 0.25) is 0 Å². The number of fused-ring (bicyclic) bond motifs is 1. The van der Waals surface area contributed by atoms with E-state index in [2.05, 4.69) is 21.6 Å². The van der Waals surface area contributed by atoms with Gasteiger partial charge in [-0.05, 0) is 51.2 Å². The largest absolute Gasteiger partial charge is 0.449 e. The Morgan fingerprint density at radius 1 is 1.36 bits per heavy atom. The highest BCUT2D eigenvalue weighted by atomic mass is 16.5. The topological polar surface area (TPSA) is 84.1 Å². The number of rotatable bonds is 6. The zero-order valence-corrected chi connectivity index (χ0v) is 14.4. The number of amides is 1. The average Bonchev–Trinajstić information content (AvgIpc) is 3.10. The van der Waals surface area contributed by atoms with Gasteiger partial charge in [-0.2, -0.15) is 5.10 Å². The van der Waals surface area contributed by atoms with Crippen molar-refractivity contribution in [3.8, 4) is 0 Å². The second-order valence-corrected chi connectivity index (χ2v) is 6.37. The van der Waals surface area contributed by atoms with E-state index in [4.69, 9.17) is 4.74 Å². The summed E-state index contributed by atoms with van der Waals surface area (Å²) < 4.78 is 5.27. The maximum Gasteiger partial charge on any atom is 0.338 e. The number of carbonyl (C=O) groups excluding carboxylic acids is 2. The van der Waals surface area contributed by atoms with Gasteiger partial charge < -0.3 is 10.1 Å². The summed E-state index contributed by atoms with van der Waals surface area (Å²) in [5.41, 5.74) is 2.56. The summed E-state index contributed by atoms with van der Waals surface area (Å²) in [5, 5.41) is 10.5. The zero-order valence-electron chi connectivity index (χ0n) is 14.4.